The fourth-order valence-electron chi connectivity index (χ4n) is 3.96. The van der Waals surface area contributed by atoms with Crippen molar-refractivity contribution in [2.24, 2.45) is 5.41 Å². The summed E-state index contributed by atoms with van der Waals surface area (Å²) in [4.78, 5) is 30.1. The zero-order valence-electron chi connectivity index (χ0n) is 17.9. The molecule has 2 aliphatic heterocycles. The second-order valence-corrected chi connectivity index (χ2v) is 8.41. The average molecular weight is 462 g/mol. The fourth-order valence-corrected chi connectivity index (χ4v) is 3.96. The molecule has 0 aromatic heterocycles. The van der Waals surface area contributed by atoms with Crippen LogP contribution in [0.15, 0.2) is 18.2 Å². The number of aliphatic carboxylic acids is 1. The van der Waals surface area contributed by atoms with E-state index < -0.39 is 11.4 Å². The number of hydrogen-bond acceptors (Lipinski definition) is 5. The van der Waals surface area contributed by atoms with Crippen LogP contribution in [0.4, 0.5) is 0 Å². The maximum Gasteiger partial charge on any atom is 0.313 e. The number of amides is 1. The summed E-state index contributed by atoms with van der Waals surface area (Å²) in [5.41, 5.74) is 1.65. The highest BCUT2D eigenvalue weighted by Gasteiger charge is 2.43. The zero-order chi connectivity index (χ0) is 20.3. The van der Waals surface area contributed by atoms with Crippen molar-refractivity contribution < 1.29 is 19.4 Å². The summed E-state index contributed by atoms with van der Waals surface area (Å²) in [6, 6.07) is 6.07. The summed E-state index contributed by atoms with van der Waals surface area (Å²) in [6.07, 6.45) is 1.85. The molecule has 30 heavy (non-hydrogen) atoms. The van der Waals surface area contributed by atoms with E-state index in [0.717, 1.165) is 25.3 Å². The number of carbonyl (C=O) groups excluding carboxylic acids is 1. The second-order valence-electron chi connectivity index (χ2n) is 8.41. The average Bonchev–Trinajstić information content (AvgIpc) is 2.65. The van der Waals surface area contributed by atoms with Gasteiger partial charge >= 0.3 is 5.97 Å². The van der Waals surface area contributed by atoms with Crippen molar-refractivity contribution in [3.8, 4) is 5.75 Å². The van der Waals surface area contributed by atoms with Crippen LogP contribution in [0.1, 0.15) is 24.0 Å². The SMILES string of the molecule is CN(C)CC(=O)N1CCC(COc2ccc3c(c2)CN(C)CC3)(C(=O)O)CC1.Cl.Cl. The molecule has 9 heteroatoms. The van der Waals surface area contributed by atoms with Crippen LogP contribution in [-0.2, 0) is 22.6 Å². The van der Waals surface area contributed by atoms with E-state index in [0.29, 0.717) is 32.5 Å². The Morgan fingerprint density at radius 1 is 1.13 bits per heavy atom. The number of piperidine rings is 1. The predicted octanol–water partition coefficient (Wildman–Crippen LogP) is 2.15. The third-order valence-electron chi connectivity index (χ3n) is 5.87. The number of rotatable bonds is 6. The third kappa shape index (κ3) is 6.23. The van der Waals surface area contributed by atoms with Gasteiger partial charge in [0.1, 0.15) is 17.8 Å². The van der Waals surface area contributed by atoms with Crippen molar-refractivity contribution in [2.45, 2.75) is 25.8 Å². The predicted molar refractivity (Wildman–Crippen MR) is 121 cm³/mol. The molecule has 1 saturated heterocycles. The molecule has 170 valence electrons. The molecule has 1 N–H and O–H groups in total. The number of carboxylic acids is 1. The van der Waals surface area contributed by atoms with Gasteiger partial charge in [-0.15, -0.1) is 24.8 Å². The molecule has 1 amide bonds. The van der Waals surface area contributed by atoms with E-state index >= 15 is 0 Å². The molecule has 1 aromatic rings. The fraction of sp³-hybridized carbons (Fsp3) is 0.619. The summed E-state index contributed by atoms with van der Waals surface area (Å²) in [6.45, 7) is 3.33. The second kappa shape index (κ2) is 11.2. The summed E-state index contributed by atoms with van der Waals surface area (Å²) in [5.74, 6) is -0.0746. The van der Waals surface area contributed by atoms with Gasteiger partial charge in [0.15, 0.2) is 0 Å². The first-order chi connectivity index (χ1) is 13.3. The van der Waals surface area contributed by atoms with E-state index in [2.05, 4.69) is 18.0 Å². The van der Waals surface area contributed by atoms with Gasteiger partial charge in [0, 0.05) is 26.2 Å². The third-order valence-corrected chi connectivity index (χ3v) is 5.87. The lowest BCUT2D eigenvalue weighted by atomic mass is 9.79. The Morgan fingerprint density at radius 2 is 1.80 bits per heavy atom. The molecule has 0 saturated carbocycles. The van der Waals surface area contributed by atoms with E-state index in [1.165, 1.54) is 11.1 Å². The van der Waals surface area contributed by atoms with E-state index in [4.69, 9.17) is 4.74 Å². The molecule has 3 rings (SSSR count). The Bertz CT molecular complexity index is 737. The van der Waals surface area contributed by atoms with Crippen molar-refractivity contribution in [2.75, 3.05) is 53.9 Å². The number of hydrogen-bond donors (Lipinski definition) is 1. The standard InChI is InChI=1S/C21H31N3O4.2ClH/c1-22(2)14-19(25)24-10-7-21(8-11-24,20(26)27)15-28-18-5-4-16-6-9-23(3)13-17(16)12-18;;/h4-5,12H,6-11,13-15H2,1-3H3,(H,26,27);2*1H. The van der Waals surface area contributed by atoms with Crippen molar-refractivity contribution in [1.29, 1.82) is 0 Å². The van der Waals surface area contributed by atoms with Crippen molar-refractivity contribution in [3.05, 3.63) is 29.3 Å². The molecule has 1 fully saturated rings. The quantitative estimate of drug-likeness (QED) is 0.699. The van der Waals surface area contributed by atoms with Gasteiger partial charge in [-0.1, -0.05) is 6.07 Å². The molecule has 0 unspecified atom stereocenters. The number of benzene rings is 1. The molecule has 0 radical (unpaired) electrons. The number of carbonyl (C=O) groups is 2. The highest BCUT2D eigenvalue weighted by atomic mass is 35.5. The van der Waals surface area contributed by atoms with Gasteiger partial charge in [-0.25, -0.2) is 0 Å². The molecule has 0 spiro atoms. The van der Waals surface area contributed by atoms with Crippen LogP contribution in [-0.4, -0.2) is 85.6 Å². The minimum absolute atomic E-state index is 0. The topological polar surface area (TPSA) is 73.3 Å². The van der Waals surface area contributed by atoms with Gasteiger partial charge in [-0.3, -0.25) is 9.59 Å². The number of likely N-dealkylation sites (N-methyl/N-ethyl adjacent to an activating group) is 2. The van der Waals surface area contributed by atoms with Gasteiger partial charge in [-0.2, -0.15) is 0 Å². The highest BCUT2D eigenvalue weighted by Crippen LogP contribution is 2.33. The lowest BCUT2D eigenvalue weighted by Crippen LogP contribution is -2.50. The first kappa shape index (κ1) is 26.5. The van der Waals surface area contributed by atoms with E-state index in [1.54, 1.807) is 4.90 Å². The Hall–Kier alpha value is -1.54. The number of fused-ring (bicyclic) bond motifs is 1. The Labute approximate surface area is 191 Å². The Morgan fingerprint density at radius 3 is 2.40 bits per heavy atom. The van der Waals surface area contributed by atoms with Crippen LogP contribution in [0.3, 0.4) is 0 Å². The maximum absolute atomic E-state index is 12.2. The molecular weight excluding hydrogens is 429 g/mol. The molecular formula is C21H33Cl2N3O4. The van der Waals surface area contributed by atoms with Crippen LogP contribution in [0.2, 0.25) is 0 Å². The summed E-state index contributed by atoms with van der Waals surface area (Å²) >= 11 is 0. The zero-order valence-corrected chi connectivity index (χ0v) is 19.6. The molecule has 1 aromatic carbocycles. The normalized spacial score (nSPS) is 18.1. The number of likely N-dealkylation sites (tertiary alicyclic amines) is 1. The molecule has 2 aliphatic rings. The molecule has 0 aliphatic carbocycles. The van der Waals surface area contributed by atoms with Crippen molar-refractivity contribution in [1.82, 2.24) is 14.7 Å². The molecule has 2 heterocycles. The van der Waals surface area contributed by atoms with Crippen LogP contribution >= 0.6 is 24.8 Å². The van der Waals surface area contributed by atoms with Gasteiger partial charge < -0.3 is 24.5 Å². The largest absolute Gasteiger partial charge is 0.492 e. The van der Waals surface area contributed by atoms with Crippen LogP contribution < -0.4 is 4.74 Å². The lowest BCUT2D eigenvalue weighted by Gasteiger charge is -2.39. The Kier molecular flexibility index (Phi) is 9.88. The minimum Gasteiger partial charge on any atom is -0.492 e. The lowest BCUT2D eigenvalue weighted by molar-refractivity contribution is -0.156. The Balaban J connectivity index is 0.00000225. The number of nitrogens with zero attached hydrogens (tertiary/aromatic N) is 3. The maximum atomic E-state index is 12.2. The van der Waals surface area contributed by atoms with E-state index in [1.807, 2.05) is 31.1 Å². The van der Waals surface area contributed by atoms with Crippen LogP contribution in [0.5, 0.6) is 5.75 Å². The summed E-state index contributed by atoms with van der Waals surface area (Å²) < 4.78 is 5.96. The van der Waals surface area contributed by atoms with Crippen LogP contribution in [0.25, 0.3) is 0 Å². The number of carboxylic acid groups (broad SMARTS) is 1. The summed E-state index contributed by atoms with van der Waals surface area (Å²) in [5, 5.41) is 9.87. The van der Waals surface area contributed by atoms with Gasteiger partial charge in [0.05, 0.1) is 6.54 Å². The van der Waals surface area contributed by atoms with Gasteiger partial charge in [0.25, 0.3) is 0 Å². The first-order valence-electron chi connectivity index (χ1n) is 9.88. The van der Waals surface area contributed by atoms with Crippen molar-refractivity contribution in [3.63, 3.8) is 0 Å². The summed E-state index contributed by atoms with van der Waals surface area (Å²) in [7, 11) is 5.81. The van der Waals surface area contributed by atoms with E-state index in [-0.39, 0.29) is 37.3 Å². The molecule has 0 atom stereocenters. The van der Waals surface area contributed by atoms with Crippen molar-refractivity contribution >= 4 is 36.7 Å². The molecule has 7 nitrogen and oxygen atoms in total. The smallest absolute Gasteiger partial charge is 0.313 e. The van der Waals surface area contributed by atoms with Gasteiger partial charge in [-0.05, 0) is 63.7 Å². The highest BCUT2D eigenvalue weighted by molar-refractivity contribution is 5.85. The first-order valence-corrected chi connectivity index (χ1v) is 9.88. The number of ether oxygens (including phenoxy) is 1. The van der Waals surface area contributed by atoms with E-state index in [9.17, 15) is 14.7 Å². The molecule has 0 bridgehead atoms. The van der Waals surface area contributed by atoms with Gasteiger partial charge in [0.2, 0.25) is 5.91 Å². The monoisotopic (exact) mass is 461 g/mol. The van der Waals surface area contributed by atoms with Crippen LogP contribution in [0, 0.1) is 5.41 Å². The minimum atomic E-state index is -0.943. The number of halogens is 2.